The maximum absolute atomic E-state index is 11.8. The monoisotopic (exact) mass is 306 g/mol. The zero-order chi connectivity index (χ0) is 15.2. The van der Waals surface area contributed by atoms with Crippen molar-refractivity contribution in [3.63, 3.8) is 0 Å². The van der Waals surface area contributed by atoms with E-state index in [1.165, 1.54) is 0 Å². The molecule has 1 heterocycles. The van der Waals surface area contributed by atoms with Gasteiger partial charge in [-0.15, -0.1) is 0 Å². The first kappa shape index (κ1) is 15.7. The summed E-state index contributed by atoms with van der Waals surface area (Å²) in [6.45, 7) is 2.48. The van der Waals surface area contributed by atoms with E-state index in [9.17, 15) is 4.79 Å². The number of nitrogens with zero attached hydrogens (tertiary/aromatic N) is 3. The average Bonchev–Trinajstić information content (AvgIpc) is 2.53. The quantitative estimate of drug-likeness (QED) is 0.674. The first-order chi connectivity index (χ1) is 10.1. The summed E-state index contributed by atoms with van der Waals surface area (Å²) in [6, 6.07) is 7.53. The van der Waals surface area contributed by atoms with E-state index in [4.69, 9.17) is 5.73 Å². The molecular formula is C15H22N4OS. The highest BCUT2D eigenvalue weighted by Gasteiger charge is 2.12. The third-order valence-corrected chi connectivity index (χ3v) is 4.31. The molecule has 1 aliphatic heterocycles. The van der Waals surface area contributed by atoms with Crippen molar-refractivity contribution in [3.05, 3.63) is 35.4 Å². The predicted octanol–water partition coefficient (Wildman–Crippen LogP) is 1.25. The van der Waals surface area contributed by atoms with E-state index in [0.29, 0.717) is 18.1 Å². The van der Waals surface area contributed by atoms with Gasteiger partial charge in [0.25, 0.3) is 5.91 Å². The van der Waals surface area contributed by atoms with E-state index in [0.717, 1.165) is 30.2 Å². The second-order valence-electron chi connectivity index (χ2n) is 5.17. The lowest BCUT2D eigenvalue weighted by Gasteiger charge is -2.27. The van der Waals surface area contributed by atoms with Crippen LogP contribution in [0.1, 0.15) is 15.9 Å². The van der Waals surface area contributed by atoms with Crippen LogP contribution < -0.4 is 5.73 Å². The normalized spacial score (nSPS) is 15.9. The van der Waals surface area contributed by atoms with Gasteiger partial charge in [-0.3, -0.25) is 4.79 Å². The number of carbonyl (C=O) groups is 1. The fraction of sp³-hybridized carbons (Fsp3) is 0.467. The van der Waals surface area contributed by atoms with Gasteiger partial charge in [0, 0.05) is 44.3 Å². The molecule has 2 rings (SSSR count). The summed E-state index contributed by atoms with van der Waals surface area (Å²) in [5, 5.41) is 0. The van der Waals surface area contributed by atoms with Gasteiger partial charge in [-0.05, 0) is 17.7 Å². The van der Waals surface area contributed by atoms with E-state index in [1.54, 1.807) is 19.0 Å². The number of benzene rings is 1. The van der Waals surface area contributed by atoms with Gasteiger partial charge in [0.15, 0.2) is 5.96 Å². The molecule has 0 spiro atoms. The molecule has 1 aliphatic rings. The molecule has 1 saturated heterocycles. The maximum Gasteiger partial charge on any atom is 0.253 e. The van der Waals surface area contributed by atoms with Gasteiger partial charge in [0.05, 0.1) is 6.54 Å². The molecule has 0 aromatic heterocycles. The minimum Gasteiger partial charge on any atom is -0.370 e. The summed E-state index contributed by atoms with van der Waals surface area (Å²) in [6.07, 6.45) is 0. The molecule has 2 N–H and O–H groups in total. The Morgan fingerprint density at radius 2 is 1.90 bits per heavy atom. The number of nitrogens with two attached hydrogens (primary N) is 1. The van der Waals surface area contributed by atoms with Gasteiger partial charge in [0.2, 0.25) is 0 Å². The number of hydrogen-bond donors (Lipinski definition) is 1. The van der Waals surface area contributed by atoms with Gasteiger partial charge >= 0.3 is 0 Å². The number of aliphatic imine (C=N–C) groups is 1. The van der Waals surface area contributed by atoms with E-state index in [-0.39, 0.29) is 5.91 Å². The van der Waals surface area contributed by atoms with Crippen LogP contribution in [0.3, 0.4) is 0 Å². The molecule has 1 amide bonds. The molecule has 114 valence electrons. The Hall–Kier alpha value is -1.69. The van der Waals surface area contributed by atoms with Crippen molar-refractivity contribution in [2.75, 3.05) is 38.7 Å². The lowest BCUT2D eigenvalue weighted by atomic mass is 10.1. The topological polar surface area (TPSA) is 61.9 Å². The second kappa shape index (κ2) is 7.36. The Morgan fingerprint density at radius 3 is 2.48 bits per heavy atom. The number of thioether (sulfide) groups is 1. The van der Waals surface area contributed by atoms with Crippen LogP contribution in [0.4, 0.5) is 0 Å². The van der Waals surface area contributed by atoms with E-state index in [2.05, 4.69) is 9.89 Å². The molecule has 1 aromatic carbocycles. The highest BCUT2D eigenvalue weighted by Crippen LogP contribution is 2.10. The minimum absolute atomic E-state index is 0.00961. The highest BCUT2D eigenvalue weighted by atomic mass is 32.2. The molecule has 1 aromatic rings. The Bertz CT molecular complexity index is 507. The summed E-state index contributed by atoms with van der Waals surface area (Å²) in [4.78, 5) is 19.9. The molecule has 0 saturated carbocycles. The summed E-state index contributed by atoms with van der Waals surface area (Å²) < 4.78 is 0. The average molecular weight is 306 g/mol. The molecule has 0 aliphatic carbocycles. The molecule has 0 unspecified atom stereocenters. The molecule has 21 heavy (non-hydrogen) atoms. The second-order valence-corrected chi connectivity index (χ2v) is 6.40. The lowest BCUT2D eigenvalue weighted by molar-refractivity contribution is 0.0827. The number of hydrogen-bond acceptors (Lipinski definition) is 3. The van der Waals surface area contributed by atoms with Gasteiger partial charge in [-0.2, -0.15) is 11.8 Å². The highest BCUT2D eigenvalue weighted by molar-refractivity contribution is 7.99. The van der Waals surface area contributed by atoms with Crippen molar-refractivity contribution >= 4 is 23.6 Å². The van der Waals surface area contributed by atoms with Crippen LogP contribution in [0, 0.1) is 0 Å². The number of carbonyl (C=O) groups excluding carboxylic acids is 1. The van der Waals surface area contributed by atoms with Crippen LogP contribution in [0.25, 0.3) is 0 Å². The lowest BCUT2D eigenvalue weighted by Crippen LogP contribution is -2.42. The zero-order valence-electron chi connectivity index (χ0n) is 12.6. The predicted molar refractivity (Wildman–Crippen MR) is 88.7 cm³/mol. The van der Waals surface area contributed by atoms with Gasteiger partial charge < -0.3 is 15.5 Å². The van der Waals surface area contributed by atoms with Gasteiger partial charge in [-0.25, -0.2) is 4.99 Å². The Balaban J connectivity index is 1.95. The molecule has 1 fully saturated rings. The van der Waals surface area contributed by atoms with Crippen LogP contribution in [-0.2, 0) is 6.54 Å². The molecule has 0 radical (unpaired) electrons. The summed E-state index contributed by atoms with van der Waals surface area (Å²) in [5.74, 6) is 2.84. The SMILES string of the molecule is CN(C)C(=O)c1ccc(CN=C(N)N2CCSCC2)cc1. The van der Waals surface area contributed by atoms with Crippen molar-refractivity contribution < 1.29 is 4.79 Å². The molecule has 0 bridgehead atoms. The van der Waals surface area contributed by atoms with E-state index < -0.39 is 0 Å². The van der Waals surface area contributed by atoms with Gasteiger partial charge in [0.1, 0.15) is 0 Å². The van der Waals surface area contributed by atoms with Crippen molar-refractivity contribution in [1.82, 2.24) is 9.80 Å². The van der Waals surface area contributed by atoms with Crippen LogP contribution in [0.15, 0.2) is 29.3 Å². The third-order valence-electron chi connectivity index (χ3n) is 3.37. The molecule has 6 heteroatoms. The van der Waals surface area contributed by atoms with Crippen molar-refractivity contribution in [2.45, 2.75) is 6.54 Å². The minimum atomic E-state index is 0.00961. The molecular weight excluding hydrogens is 284 g/mol. The Kier molecular flexibility index (Phi) is 5.50. The largest absolute Gasteiger partial charge is 0.370 e. The first-order valence-corrected chi connectivity index (χ1v) is 8.16. The summed E-state index contributed by atoms with van der Waals surface area (Å²) in [5.41, 5.74) is 7.76. The van der Waals surface area contributed by atoms with Crippen LogP contribution in [-0.4, -0.2) is 60.4 Å². The zero-order valence-corrected chi connectivity index (χ0v) is 13.4. The third kappa shape index (κ3) is 4.39. The number of rotatable bonds is 3. The maximum atomic E-state index is 11.8. The smallest absolute Gasteiger partial charge is 0.253 e. The van der Waals surface area contributed by atoms with Crippen LogP contribution in [0.2, 0.25) is 0 Å². The van der Waals surface area contributed by atoms with Crippen molar-refractivity contribution in [3.8, 4) is 0 Å². The first-order valence-electron chi connectivity index (χ1n) is 7.01. The summed E-state index contributed by atoms with van der Waals surface area (Å²) in [7, 11) is 3.50. The van der Waals surface area contributed by atoms with Crippen molar-refractivity contribution in [2.24, 2.45) is 10.7 Å². The fourth-order valence-corrected chi connectivity index (χ4v) is 2.98. The van der Waals surface area contributed by atoms with Crippen LogP contribution in [0.5, 0.6) is 0 Å². The standard InChI is InChI=1S/C15H22N4OS/c1-18(2)14(20)13-5-3-12(4-6-13)11-17-15(16)19-7-9-21-10-8-19/h3-6H,7-11H2,1-2H3,(H2,16,17). The van der Waals surface area contributed by atoms with Gasteiger partial charge in [-0.1, -0.05) is 12.1 Å². The number of guanidine groups is 1. The van der Waals surface area contributed by atoms with Crippen LogP contribution >= 0.6 is 11.8 Å². The van der Waals surface area contributed by atoms with E-state index in [1.807, 2.05) is 36.0 Å². The Labute approximate surface area is 130 Å². The fourth-order valence-electron chi connectivity index (χ4n) is 2.08. The molecule has 0 atom stereocenters. The van der Waals surface area contributed by atoms with Crippen molar-refractivity contribution in [1.29, 1.82) is 0 Å². The molecule has 5 nitrogen and oxygen atoms in total. The number of amides is 1. The Morgan fingerprint density at radius 1 is 1.29 bits per heavy atom. The summed E-state index contributed by atoms with van der Waals surface area (Å²) >= 11 is 1.95. The van der Waals surface area contributed by atoms with E-state index >= 15 is 0 Å².